The first kappa shape index (κ1) is 15.4. The van der Waals surface area contributed by atoms with Gasteiger partial charge in [0.2, 0.25) is 0 Å². The molecule has 0 aliphatic carbocycles. The minimum atomic E-state index is -0.636. The average Bonchev–Trinajstić information content (AvgIpc) is 2.47. The molecule has 114 valence electrons. The predicted octanol–water partition coefficient (Wildman–Crippen LogP) is 2.53. The number of ether oxygens (including phenoxy) is 1. The van der Waals surface area contributed by atoms with E-state index in [-0.39, 0.29) is 17.2 Å². The first-order valence-electron chi connectivity index (χ1n) is 7.09. The number of para-hydroxylation sites is 1. The van der Waals surface area contributed by atoms with Gasteiger partial charge in [0.1, 0.15) is 11.2 Å². The summed E-state index contributed by atoms with van der Waals surface area (Å²) in [5.41, 5.74) is -0.851. The van der Waals surface area contributed by atoms with E-state index in [1.165, 1.54) is 18.2 Å². The Morgan fingerprint density at radius 3 is 2.57 bits per heavy atom. The zero-order valence-electron chi connectivity index (χ0n) is 12.3. The maximum atomic E-state index is 12.3. The van der Waals surface area contributed by atoms with Gasteiger partial charge in [0.25, 0.3) is 5.69 Å². The summed E-state index contributed by atoms with van der Waals surface area (Å²) >= 11 is 0. The first-order chi connectivity index (χ1) is 9.92. The van der Waals surface area contributed by atoms with Crippen LogP contribution in [0.2, 0.25) is 0 Å². The Hall–Kier alpha value is -1.95. The number of hydrogen-bond donors (Lipinski definition) is 1. The molecule has 1 aliphatic heterocycles. The van der Waals surface area contributed by atoms with Gasteiger partial charge in [-0.1, -0.05) is 12.1 Å². The van der Waals surface area contributed by atoms with Gasteiger partial charge in [-0.15, -0.1) is 0 Å². The van der Waals surface area contributed by atoms with Gasteiger partial charge in [-0.25, -0.2) is 4.79 Å². The molecule has 0 atom stereocenters. The number of carbonyl (C=O) groups is 1. The van der Waals surface area contributed by atoms with Crippen molar-refractivity contribution >= 4 is 11.7 Å². The van der Waals surface area contributed by atoms with E-state index in [0.29, 0.717) is 0 Å². The lowest BCUT2D eigenvalue weighted by molar-refractivity contribution is -0.385. The third-order valence-electron chi connectivity index (χ3n) is 4.00. The molecule has 1 heterocycles. The number of benzene rings is 1. The van der Waals surface area contributed by atoms with Gasteiger partial charge < -0.3 is 10.1 Å². The molecular formula is C15H20N2O4. The molecule has 1 saturated heterocycles. The Morgan fingerprint density at radius 2 is 1.95 bits per heavy atom. The molecule has 0 radical (unpaired) electrons. The number of piperidine rings is 1. The highest BCUT2D eigenvalue weighted by Gasteiger charge is 2.35. The standard InChI is InChI=1S/C15H20N2O4/c1-15(2,11-7-9-16-10-8-11)21-14(18)12-5-3-4-6-13(12)17(19)20/h3-6,11,16H,7-10H2,1-2H3. The van der Waals surface area contributed by atoms with Crippen LogP contribution in [0, 0.1) is 16.0 Å². The summed E-state index contributed by atoms with van der Waals surface area (Å²) in [5, 5.41) is 14.2. The summed E-state index contributed by atoms with van der Waals surface area (Å²) in [6, 6.07) is 5.88. The van der Waals surface area contributed by atoms with Crippen LogP contribution in [0.15, 0.2) is 24.3 Å². The summed E-state index contributed by atoms with van der Waals surface area (Å²) < 4.78 is 5.58. The van der Waals surface area contributed by atoms with E-state index < -0.39 is 16.5 Å². The van der Waals surface area contributed by atoms with Gasteiger partial charge in [-0.2, -0.15) is 0 Å². The second kappa shape index (κ2) is 6.22. The molecule has 1 fully saturated rings. The molecule has 0 spiro atoms. The van der Waals surface area contributed by atoms with Crippen LogP contribution in [-0.2, 0) is 4.74 Å². The summed E-state index contributed by atoms with van der Waals surface area (Å²) in [7, 11) is 0. The zero-order valence-corrected chi connectivity index (χ0v) is 12.3. The SMILES string of the molecule is CC(C)(OC(=O)c1ccccc1[N+](=O)[O-])C1CCNCC1. The van der Waals surface area contributed by atoms with E-state index in [0.717, 1.165) is 25.9 Å². The number of nitro groups is 1. The molecule has 0 unspecified atom stereocenters. The van der Waals surface area contributed by atoms with Crippen LogP contribution in [0.4, 0.5) is 5.69 Å². The smallest absolute Gasteiger partial charge is 0.345 e. The minimum absolute atomic E-state index is 0.00418. The number of nitro benzene ring substituents is 1. The fraction of sp³-hybridized carbons (Fsp3) is 0.533. The van der Waals surface area contributed by atoms with Crippen molar-refractivity contribution in [3.8, 4) is 0 Å². The summed E-state index contributed by atoms with van der Waals surface area (Å²) in [6.45, 7) is 5.54. The number of esters is 1. The van der Waals surface area contributed by atoms with Crippen molar-refractivity contribution in [1.82, 2.24) is 5.32 Å². The van der Waals surface area contributed by atoms with Crippen LogP contribution in [0.5, 0.6) is 0 Å². The molecule has 1 aliphatic rings. The van der Waals surface area contributed by atoms with Crippen molar-refractivity contribution in [3.05, 3.63) is 39.9 Å². The summed E-state index contributed by atoms with van der Waals surface area (Å²) in [4.78, 5) is 22.7. The number of nitrogens with one attached hydrogen (secondary N) is 1. The maximum Gasteiger partial charge on any atom is 0.345 e. The normalized spacial score (nSPS) is 16.5. The van der Waals surface area contributed by atoms with E-state index in [2.05, 4.69) is 5.32 Å². The van der Waals surface area contributed by atoms with Gasteiger partial charge in [-0.3, -0.25) is 10.1 Å². The Labute approximate surface area is 123 Å². The minimum Gasteiger partial charge on any atom is -0.456 e. The van der Waals surface area contributed by atoms with E-state index in [1.807, 2.05) is 13.8 Å². The second-order valence-electron chi connectivity index (χ2n) is 5.79. The highest BCUT2D eigenvalue weighted by Crippen LogP contribution is 2.31. The highest BCUT2D eigenvalue weighted by atomic mass is 16.6. The molecule has 6 heteroatoms. The van der Waals surface area contributed by atoms with Crippen molar-refractivity contribution in [3.63, 3.8) is 0 Å². The Morgan fingerprint density at radius 1 is 1.33 bits per heavy atom. The van der Waals surface area contributed by atoms with E-state index in [4.69, 9.17) is 4.74 Å². The van der Waals surface area contributed by atoms with Crippen LogP contribution >= 0.6 is 0 Å². The zero-order chi connectivity index (χ0) is 15.5. The molecule has 0 amide bonds. The third-order valence-corrected chi connectivity index (χ3v) is 4.00. The lowest BCUT2D eigenvalue weighted by Gasteiger charge is -2.36. The molecule has 1 N–H and O–H groups in total. The quantitative estimate of drug-likeness (QED) is 0.524. The topological polar surface area (TPSA) is 81.5 Å². The van der Waals surface area contributed by atoms with Crippen LogP contribution in [0.1, 0.15) is 37.0 Å². The summed E-state index contributed by atoms with van der Waals surface area (Å²) in [6.07, 6.45) is 1.86. The van der Waals surface area contributed by atoms with Crippen molar-refractivity contribution in [2.24, 2.45) is 5.92 Å². The van der Waals surface area contributed by atoms with Crippen LogP contribution in [0.25, 0.3) is 0 Å². The Kier molecular flexibility index (Phi) is 4.57. The maximum absolute atomic E-state index is 12.3. The van der Waals surface area contributed by atoms with Gasteiger partial charge in [0.15, 0.2) is 0 Å². The van der Waals surface area contributed by atoms with Gasteiger partial charge in [0, 0.05) is 12.0 Å². The highest BCUT2D eigenvalue weighted by molar-refractivity contribution is 5.94. The molecule has 6 nitrogen and oxygen atoms in total. The number of carbonyl (C=O) groups excluding carboxylic acids is 1. The lowest BCUT2D eigenvalue weighted by atomic mass is 9.83. The fourth-order valence-corrected chi connectivity index (χ4v) is 2.70. The monoisotopic (exact) mass is 292 g/mol. The van der Waals surface area contributed by atoms with Crippen molar-refractivity contribution in [2.45, 2.75) is 32.3 Å². The number of nitrogens with zero attached hydrogens (tertiary/aromatic N) is 1. The number of rotatable bonds is 4. The van der Waals surface area contributed by atoms with Crippen molar-refractivity contribution < 1.29 is 14.5 Å². The number of hydrogen-bond acceptors (Lipinski definition) is 5. The third kappa shape index (κ3) is 3.58. The van der Waals surface area contributed by atoms with Crippen LogP contribution in [-0.4, -0.2) is 29.6 Å². The van der Waals surface area contributed by atoms with Gasteiger partial charge in [-0.05, 0) is 45.8 Å². The van der Waals surface area contributed by atoms with E-state index >= 15 is 0 Å². The van der Waals surface area contributed by atoms with Gasteiger partial charge >= 0.3 is 5.97 Å². The average molecular weight is 292 g/mol. The molecule has 0 bridgehead atoms. The second-order valence-corrected chi connectivity index (χ2v) is 5.79. The lowest BCUT2D eigenvalue weighted by Crippen LogP contribution is -2.42. The Bertz CT molecular complexity index is 536. The van der Waals surface area contributed by atoms with Crippen molar-refractivity contribution in [1.29, 1.82) is 0 Å². The van der Waals surface area contributed by atoms with E-state index in [1.54, 1.807) is 6.07 Å². The molecule has 0 aromatic heterocycles. The van der Waals surface area contributed by atoms with Crippen molar-refractivity contribution in [2.75, 3.05) is 13.1 Å². The fourth-order valence-electron chi connectivity index (χ4n) is 2.70. The summed E-state index contributed by atoms with van der Waals surface area (Å²) in [5.74, 6) is -0.378. The van der Waals surface area contributed by atoms with Gasteiger partial charge in [0.05, 0.1) is 4.92 Å². The largest absolute Gasteiger partial charge is 0.456 e. The molecule has 1 aromatic carbocycles. The van der Waals surface area contributed by atoms with Crippen LogP contribution in [0.3, 0.4) is 0 Å². The van der Waals surface area contributed by atoms with E-state index in [9.17, 15) is 14.9 Å². The molecule has 21 heavy (non-hydrogen) atoms. The molecule has 2 rings (SSSR count). The first-order valence-corrected chi connectivity index (χ1v) is 7.09. The molecule has 0 saturated carbocycles. The van der Waals surface area contributed by atoms with Crippen LogP contribution < -0.4 is 5.32 Å². The predicted molar refractivity (Wildman–Crippen MR) is 78.2 cm³/mol. The molecular weight excluding hydrogens is 272 g/mol. The molecule has 1 aromatic rings. The Balaban J connectivity index is 2.15.